The van der Waals surface area contributed by atoms with Crippen molar-refractivity contribution >= 4 is 21.6 Å². The van der Waals surface area contributed by atoms with Crippen LogP contribution in [0.4, 0.5) is 5.69 Å². The molecule has 2 aromatic rings. The van der Waals surface area contributed by atoms with Gasteiger partial charge in [-0.05, 0) is 53.5 Å². The molecule has 17 heavy (non-hydrogen) atoms. The molecule has 0 radical (unpaired) electrons. The normalized spacial score (nSPS) is 10.3. The molecule has 0 amide bonds. The molecule has 0 aliphatic rings. The molecule has 0 fully saturated rings. The van der Waals surface area contributed by atoms with E-state index in [1.807, 2.05) is 31.2 Å². The van der Waals surface area contributed by atoms with Crippen molar-refractivity contribution in [1.82, 2.24) is 4.98 Å². The monoisotopic (exact) mass is 290 g/mol. The zero-order chi connectivity index (χ0) is 12.3. The Bertz CT molecular complexity index is 523. The summed E-state index contributed by atoms with van der Waals surface area (Å²) in [5.41, 5.74) is 4.44. The number of hydrogen-bond acceptors (Lipinski definition) is 2. The molecule has 0 saturated carbocycles. The summed E-state index contributed by atoms with van der Waals surface area (Å²) < 4.78 is 1.12. The first-order valence-electron chi connectivity index (χ1n) is 5.58. The van der Waals surface area contributed by atoms with Gasteiger partial charge in [-0.2, -0.15) is 0 Å². The van der Waals surface area contributed by atoms with Crippen LogP contribution in [-0.2, 0) is 6.54 Å². The Morgan fingerprint density at radius 1 is 1.12 bits per heavy atom. The largest absolute Gasteiger partial charge is 0.378 e. The fourth-order valence-corrected chi connectivity index (χ4v) is 2.07. The third-order valence-electron chi connectivity index (χ3n) is 2.60. The summed E-state index contributed by atoms with van der Waals surface area (Å²) in [4.78, 5) is 4.46. The van der Waals surface area contributed by atoms with E-state index in [2.05, 4.69) is 45.3 Å². The van der Waals surface area contributed by atoms with Crippen molar-refractivity contribution in [3.63, 3.8) is 0 Å². The predicted molar refractivity (Wildman–Crippen MR) is 75.2 cm³/mol. The lowest BCUT2D eigenvalue weighted by Crippen LogP contribution is -2.03. The van der Waals surface area contributed by atoms with Crippen LogP contribution in [-0.4, -0.2) is 4.98 Å². The summed E-state index contributed by atoms with van der Waals surface area (Å²) in [7, 11) is 0. The maximum absolute atomic E-state index is 4.46. The Morgan fingerprint density at radius 3 is 2.65 bits per heavy atom. The molecule has 0 unspecified atom stereocenters. The van der Waals surface area contributed by atoms with Crippen LogP contribution in [0.2, 0.25) is 0 Å². The molecule has 0 saturated heterocycles. The van der Waals surface area contributed by atoms with Gasteiger partial charge >= 0.3 is 0 Å². The van der Waals surface area contributed by atoms with Crippen LogP contribution in [0.15, 0.2) is 40.9 Å². The fourth-order valence-electron chi connectivity index (χ4n) is 1.67. The van der Waals surface area contributed by atoms with Gasteiger partial charge in [0.1, 0.15) is 0 Å². The first-order valence-corrected chi connectivity index (χ1v) is 6.37. The van der Waals surface area contributed by atoms with Gasteiger partial charge in [-0.25, -0.2) is 0 Å². The molecule has 2 rings (SSSR count). The Labute approximate surface area is 110 Å². The molecule has 2 nitrogen and oxygen atoms in total. The number of pyridine rings is 1. The quantitative estimate of drug-likeness (QED) is 0.922. The zero-order valence-electron chi connectivity index (χ0n) is 10.00. The fraction of sp³-hybridized carbons (Fsp3) is 0.214. The summed E-state index contributed by atoms with van der Waals surface area (Å²) in [6.45, 7) is 4.83. The standard InChI is InChI=1S/C14H15BrN2/c1-10-5-3-8-13(14(10)15)16-9-12-7-4-6-11(2)17-12/h3-8,16H,9H2,1-2H3. The van der Waals surface area contributed by atoms with E-state index in [0.717, 1.165) is 28.1 Å². The van der Waals surface area contributed by atoms with Crippen molar-refractivity contribution in [3.8, 4) is 0 Å². The van der Waals surface area contributed by atoms with E-state index in [1.54, 1.807) is 0 Å². The van der Waals surface area contributed by atoms with Gasteiger partial charge in [0.15, 0.2) is 0 Å². The van der Waals surface area contributed by atoms with E-state index in [9.17, 15) is 0 Å². The van der Waals surface area contributed by atoms with Crippen LogP contribution in [0.25, 0.3) is 0 Å². The highest BCUT2D eigenvalue weighted by Crippen LogP contribution is 2.25. The van der Waals surface area contributed by atoms with Gasteiger partial charge in [0, 0.05) is 15.9 Å². The molecule has 0 spiro atoms. The van der Waals surface area contributed by atoms with Crippen molar-refractivity contribution in [2.24, 2.45) is 0 Å². The third kappa shape index (κ3) is 3.07. The van der Waals surface area contributed by atoms with E-state index in [1.165, 1.54) is 5.56 Å². The lowest BCUT2D eigenvalue weighted by molar-refractivity contribution is 1.01. The number of benzene rings is 1. The van der Waals surface area contributed by atoms with Gasteiger partial charge in [0.25, 0.3) is 0 Å². The van der Waals surface area contributed by atoms with Crippen LogP contribution in [0.3, 0.4) is 0 Å². The zero-order valence-corrected chi connectivity index (χ0v) is 11.6. The number of nitrogens with one attached hydrogen (secondary N) is 1. The van der Waals surface area contributed by atoms with Crippen LogP contribution in [0.1, 0.15) is 17.0 Å². The minimum Gasteiger partial charge on any atom is -0.378 e. The SMILES string of the molecule is Cc1cccc(CNc2cccc(C)c2Br)n1. The summed E-state index contributed by atoms with van der Waals surface area (Å²) in [5.74, 6) is 0. The van der Waals surface area contributed by atoms with Crippen LogP contribution >= 0.6 is 15.9 Å². The molecular formula is C14H15BrN2. The third-order valence-corrected chi connectivity index (χ3v) is 3.65. The maximum atomic E-state index is 4.46. The molecule has 0 aliphatic carbocycles. The van der Waals surface area contributed by atoms with Crippen molar-refractivity contribution in [3.05, 3.63) is 57.8 Å². The summed E-state index contributed by atoms with van der Waals surface area (Å²) >= 11 is 3.59. The number of nitrogens with zero attached hydrogens (tertiary/aromatic N) is 1. The van der Waals surface area contributed by atoms with E-state index < -0.39 is 0 Å². The number of rotatable bonds is 3. The molecule has 0 atom stereocenters. The number of anilines is 1. The minimum absolute atomic E-state index is 0.740. The van der Waals surface area contributed by atoms with Crippen molar-refractivity contribution < 1.29 is 0 Å². The summed E-state index contributed by atoms with van der Waals surface area (Å²) in [6.07, 6.45) is 0. The van der Waals surface area contributed by atoms with Crippen LogP contribution < -0.4 is 5.32 Å². The molecule has 88 valence electrons. The van der Waals surface area contributed by atoms with Gasteiger partial charge < -0.3 is 5.32 Å². The highest BCUT2D eigenvalue weighted by molar-refractivity contribution is 9.10. The molecule has 1 aromatic heterocycles. The highest BCUT2D eigenvalue weighted by Gasteiger charge is 2.02. The van der Waals surface area contributed by atoms with E-state index >= 15 is 0 Å². The van der Waals surface area contributed by atoms with Gasteiger partial charge in [-0.3, -0.25) is 4.98 Å². The molecule has 0 bridgehead atoms. The van der Waals surface area contributed by atoms with E-state index in [4.69, 9.17) is 0 Å². The average Bonchev–Trinajstić information content (AvgIpc) is 2.31. The first kappa shape index (κ1) is 12.1. The second-order valence-corrected chi connectivity index (χ2v) is 4.85. The minimum atomic E-state index is 0.740. The van der Waals surface area contributed by atoms with Crippen molar-refractivity contribution in [2.75, 3.05) is 5.32 Å². The molecular weight excluding hydrogens is 276 g/mol. The lowest BCUT2D eigenvalue weighted by Gasteiger charge is -2.10. The van der Waals surface area contributed by atoms with E-state index in [-0.39, 0.29) is 0 Å². The molecule has 1 aromatic carbocycles. The van der Waals surface area contributed by atoms with Crippen LogP contribution in [0.5, 0.6) is 0 Å². The number of halogens is 1. The van der Waals surface area contributed by atoms with Gasteiger partial charge in [-0.1, -0.05) is 18.2 Å². The number of aryl methyl sites for hydroxylation is 2. The lowest BCUT2D eigenvalue weighted by atomic mass is 10.2. The average molecular weight is 291 g/mol. The van der Waals surface area contributed by atoms with Crippen molar-refractivity contribution in [1.29, 1.82) is 0 Å². The predicted octanol–water partition coefficient (Wildman–Crippen LogP) is 4.07. The van der Waals surface area contributed by atoms with Gasteiger partial charge in [0.05, 0.1) is 12.2 Å². The Balaban J connectivity index is 2.10. The second kappa shape index (κ2) is 5.32. The Kier molecular flexibility index (Phi) is 3.79. The Hall–Kier alpha value is -1.35. The van der Waals surface area contributed by atoms with E-state index in [0.29, 0.717) is 0 Å². The second-order valence-electron chi connectivity index (χ2n) is 4.06. The molecule has 3 heteroatoms. The first-order chi connectivity index (χ1) is 8.16. The topological polar surface area (TPSA) is 24.9 Å². The van der Waals surface area contributed by atoms with Gasteiger partial charge in [0.2, 0.25) is 0 Å². The molecule has 1 heterocycles. The van der Waals surface area contributed by atoms with Crippen LogP contribution in [0, 0.1) is 13.8 Å². The smallest absolute Gasteiger partial charge is 0.0597 e. The van der Waals surface area contributed by atoms with Crippen molar-refractivity contribution in [2.45, 2.75) is 20.4 Å². The molecule has 1 N–H and O–H groups in total. The van der Waals surface area contributed by atoms with Gasteiger partial charge in [-0.15, -0.1) is 0 Å². The molecule has 0 aliphatic heterocycles. The highest BCUT2D eigenvalue weighted by atomic mass is 79.9. The summed E-state index contributed by atoms with van der Waals surface area (Å²) in [6, 6.07) is 12.3. The number of hydrogen-bond donors (Lipinski definition) is 1. The summed E-state index contributed by atoms with van der Waals surface area (Å²) in [5, 5.41) is 3.39. The number of aromatic nitrogens is 1. The Morgan fingerprint density at radius 2 is 1.88 bits per heavy atom. The maximum Gasteiger partial charge on any atom is 0.0597 e.